The first-order valence-electron chi connectivity index (χ1n) is 11.3. The highest BCUT2D eigenvalue weighted by Gasteiger charge is 2.23. The Balaban J connectivity index is 1.45. The van der Waals surface area contributed by atoms with Crippen molar-refractivity contribution >= 4 is 35.1 Å². The molecular formula is C25H27ClN4O3S. The van der Waals surface area contributed by atoms with Gasteiger partial charge in [0.25, 0.3) is 0 Å². The number of benzene rings is 2. The smallest absolute Gasteiger partial charge is 0.231 e. The zero-order chi connectivity index (χ0) is 23.9. The minimum atomic E-state index is -0.565. The van der Waals surface area contributed by atoms with Gasteiger partial charge < -0.3 is 10.1 Å². The van der Waals surface area contributed by atoms with Crippen molar-refractivity contribution in [3.8, 4) is 11.4 Å². The first-order chi connectivity index (χ1) is 16.5. The number of ether oxygens (including phenoxy) is 1. The van der Waals surface area contributed by atoms with E-state index in [2.05, 4.69) is 15.5 Å². The fraction of sp³-hybridized carbons (Fsp3) is 0.360. The zero-order valence-corrected chi connectivity index (χ0v) is 20.5. The minimum Gasteiger partial charge on any atom is -0.376 e. The summed E-state index contributed by atoms with van der Waals surface area (Å²) in [6, 6.07) is 16.5. The van der Waals surface area contributed by atoms with Crippen molar-refractivity contribution in [1.29, 1.82) is 0 Å². The number of hydrogen-bond acceptors (Lipinski definition) is 6. The lowest BCUT2D eigenvalue weighted by Crippen LogP contribution is -2.42. The van der Waals surface area contributed by atoms with Gasteiger partial charge in [0.05, 0.1) is 24.4 Å². The maximum atomic E-state index is 12.7. The zero-order valence-electron chi connectivity index (χ0n) is 18.9. The van der Waals surface area contributed by atoms with Crippen LogP contribution < -0.4 is 5.32 Å². The van der Waals surface area contributed by atoms with Crippen LogP contribution in [0.5, 0.6) is 0 Å². The van der Waals surface area contributed by atoms with Gasteiger partial charge in [0.1, 0.15) is 0 Å². The van der Waals surface area contributed by atoms with Crippen molar-refractivity contribution < 1.29 is 14.3 Å². The number of ketones is 1. The van der Waals surface area contributed by atoms with Crippen LogP contribution in [-0.4, -0.2) is 51.0 Å². The predicted octanol–water partition coefficient (Wildman–Crippen LogP) is 4.19. The summed E-state index contributed by atoms with van der Waals surface area (Å²) in [5, 5.41) is 12.9. The molecule has 1 fully saturated rings. The molecule has 2 aromatic carbocycles. The fourth-order valence-electron chi connectivity index (χ4n) is 3.88. The molecule has 2 heterocycles. The molecule has 1 aromatic heterocycles. The van der Waals surface area contributed by atoms with Crippen LogP contribution in [0.2, 0.25) is 5.02 Å². The van der Waals surface area contributed by atoms with Crippen LogP contribution in [0.15, 0.2) is 59.8 Å². The number of aromatic nitrogens is 3. The number of nitrogens with zero attached hydrogens (tertiary/aromatic N) is 3. The molecule has 7 nitrogen and oxygen atoms in total. The number of nitrogens with one attached hydrogen (secondary N) is 1. The van der Waals surface area contributed by atoms with Gasteiger partial charge >= 0.3 is 0 Å². The Morgan fingerprint density at radius 3 is 2.62 bits per heavy atom. The highest BCUT2D eigenvalue weighted by atomic mass is 35.5. The van der Waals surface area contributed by atoms with Crippen LogP contribution in [0.25, 0.3) is 11.4 Å². The third kappa shape index (κ3) is 6.46. The molecule has 3 aromatic rings. The molecule has 0 bridgehead atoms. The van der Waals surface area contributed by atoms with E-state index in [4.69, 9.17) is 16.3 Å². The number of amides is 1. The van der Waals surface area contributed by atoms with Crippen LogP contribution >= 0.6 is 23.4 Å². The molecule has 0 aliphatic carbocycles. The van der Waals surface area contributed by atoms with E-state index in [1.54, 1.807) is 0 Å². The molecule has 34 heavy (non-hydrogen) atoms. The van der Waals surface area contributed by atoms with Gasteiger partial charge in [-0.05, 0) is 56.0 Å². The van der Waals surface area contributed by atoms with Gasteiger partial charge in [0, 0.05) is 17.2 Å². The Morgan fingerprint density at radius 1 is 1.18 bits per heavy atom. The van der Waals surface area contributed by atoms with Crippen LogP contribution in [-0.2, 0) is 27.3 Å². The maximum absolute atomic E-state index is 12.7. The minimum absolute atomic E-state index is 0.0752. The number of thioether (sulfide) groups is 1. The predicted molar refractivity (Wildman–Crippen MR) is 133 cm³/mol. The van der Waals surface area contributed by atoms with Gasteiger partial charge in [-0.2, -0.15) is 0 Å². The Morgan fingerprint density at radius 2 is 1.94 bits per heavy atom. The molecule has 0 spiro atoms. The summed E-state index contributed by atoms with van der Waals surface area (Å²) in [6.07, 6.45) is 2.55. The van der Waals surface area contributed by atoms with Crippen molar-refractivity contribution in [3.63, 3.8) is 0 Å². The summed E-state index contributed by atoms with van der Waals surface area (Å²) >= 11 is 7.35. The number of halogens is 1. The van der Waals surface area contributed by atoms with Gasteiger partial charge in [-0.1, -0.05) is 53.7 Å². The molecule has 9 heteroatoms. The summed E-state index contributed by atoms with van der Waals surface area (Å²) in [6.45, 7) is 2.86. The lowest BCUT2D eigenvalue weighted by atomic mass is 10.0. The summed E-state index contributed by atoms with van der Waals surface area (Å²) in [5.74, 6) is 0.540. The Hall–Kier alpha value is -2.68. The molecule has 1 N–H and O–H groups in total. The van der Waals surface area contributed by atoms with E-state index in [0.29, 0.717) is 29.0 Å². The van der Waals surface area contributed by atoms with E-state index in [0.717, 1.165) is 30.6 Å². The number of Topliss-reactive ketones (excluding diaryl/α,β-unsaturated/α-hetero) is 1. The Bertz CT molecular complexity index is 1110. The molecule has 0 saturated carbocycles. The monoisotopic (exact) mass is 498 g/mol. The Kier molecular flexibility index (Phi) is 8.37. The lowest BCUT2D eigenvalue weighted by molar-refractivity contribution is -0.125. The van der Waals surface area contributed by atoms with Gasteiger partial charge in [0.2, 0.25) is 5.91 Å². The molecule has 1 saturated heterocycles. The largest absolute Gasteiger partial charge is 0.376 e. The summed E-state index contributed by atoms with van der Waals surface area (Å²) in [5.41, 5.74) is 1.89. The van der Waals surface area contributed by atoms with Crippen LogP contribution in [0, 0.1) is 0 Å². The van der Waals surface area contributed by atoms with Crippen molar-refractivity contribution in [2.75, 3.05) is 12.4 Å². The van der Waals surface area contributed by atoms with Gasteiger partial charge in [-0.25, -0.2) is 0 Å². The second kappa shape index (κ2) is 11.6. The molecule has 1 amide bonds. The SMILES string of the molecule is CC(=O)C(Cc1ccccc1)NC(=O)CSc1nnc(-c2ccc(Cl)cc2)n1CC1CCCO1. The summed E-state index contributed by atoms with van der Waals surface area (Å²) in [4.78, 5) is 24.8. The standard InChI is InChI=1S/C25H27ClN4O3S/c1-17(31)22(14-18-6-3-2-4-7-18)27-23(32)16-34-25-29-28-24(19-9-11-20(26)12-10-19)30(25)15-21-8-5-13-33-21/h2-4,6-7,9-12,21-22H,5,8,13-16H2,1H3,(H,27,32). The molecule has 0 radical (unpaired) electrons. The van der Waals surface area contributed by atoms with Gasteiger partial charge in [-0.15, -0.1) is 10.2 Å². The number of carbonyl (C=O) groups excluding carboxylic acids is 2. The Labute approximate surface area is 208 Å². The van der Waals surface area contributed by atoms with Gasteiger partial charge in [-0.3, -0.25) is 14.2 Å². The second-order valence-electron chi connectivity index (χ2n) is 8.27. The second-order valence-corrected chi connectivity index (χ2v) is 9.65. The average Bonchev–Trinajstić information content (AvgIpc) is 3.49. The molecule has 178 valence electrons. The number of rotatable bonds is 10. The van der Waals surface area contributed by atoms with E-state index in [1.807, 2.05) is 59.2 Å². The maximum Gasteiger partial charge on any atom is 0.231 e. The van der Waals surface area contributed by atoms with Crippen LogP contribution in [0.1, 0.15) is 25.3 Å². The molecular weight excluding hydrogens is 472 g/mol. The third-order valence-corrected chi connectivity index (χ3v) is 6.89. The molecule has 1 aliphatic rings. The molecule has 4 rings (SSSR count). The lowest BCUT2D eigenvalue weighted by Gasteiger charge is -2.17. The van der Waals surface area contributed by atoms with Crippen molar-refractivity contribution in [3.05, 3.63) is 65.2 Å². The average molecular weight is 499 g/mol. The highest BCUT2D eigenvalue weighted by molar-refractivity contribution is 7.99. The van der Waals surface area contributed by atoms with Crippen LogP contribution in [0.3, 0.4) is 0 Å². The van der Waals surface area contributed by atoms with E-state index in [9.17, 15) is 9.59 Å². The summed E-state index contributed by atoms with van der Waals surface area (Å²) < 4.78 is 7.83. The highest BCUT2D eigenvalue weighted by Crippen LogP contribution is 2.27. The van der Waals surface area contributed by atoms with Crippen molar-refractivity contribution in [2.45, 2.75) is 50.0 Å². The normalized spacial score (nSPS) is 16.4. The summed E-state index contributed by atoms with van der Waals surface area (Å²) in [7, 11) is 0. The molecule has 1 aliphatic heterocycles. The van der Waals surface area contributed by atoms with E-state index in [-0.39, 0.29) is 23.5 Å². The topological polar surface area (TPSA) is 86.1 Å². The molecule has 2 atom stereocenters. The first-order valence-corrected chi connectivity index (χ1v) is 12.6. The quantitative estimate of drug-likeness (QED) is 0.422. The fourth-order valence-corrected chi connectivity index (χ4v) is 4.76. The van der Waals surface area contributed by atoms with E-state index in [1.165, 1.54) is 18.7 Å². The number of carbonyl (C=O) groups is 2. The molecule has 2 unspecified atom stereocenters. The van der Waals surface area contributed by atoms with Crippen molar-refractivity contribution in [2.24, 2.45) is 0 Å². The third-order valence-electron chi connectivity index (χ3n) is 5.67. The van der Waals surface area contributed by atoms with Gasteiger partial charge in [0.15, 0.2) is 16.8 Å². The van der Waals surface area contributed by atoms with E-state index < -0.39 is 6.04 Å². The van der Waals surface area contributed by atoms with Crippen LogP contribution in [0.4, 0.5) is 0 Å². The van der Waals surface area contributed by atoms with E-state index >= 15 is 0 Å². The first kappa shape index (κ1) is 24.4. The number of hydrogen-bond donors (Lipinski definition) is 1. The van der Waals surface area contributed by atoms with Crippen molar-refractivity contribution in [1.82, 2.24) is 20.1 Å².